The van der Waals surface area contributed by atoms with Gasteiger partial charge in [0.05, 0.1) is 0 Å². The van der Waals surface area contributed by atoms with Crippen LogP contribution in [0.25, 0.3) is 0 Å². The van der Waals surface area contributed by atoms with E-state index < -0.39 is 17.9 Å². The number of aliphatic hydroxyl groups is 1. The predicted octanol–water partition coefficient (Wildman–Crippen LogP) is 3.46. The second-order valence-electron chi connectivity index (χ2n) is 12.0. The Hall–Kier alpha value is -2.10. The number of nitrogens with zero attached hydrogens (tertiary/aromatic N) is 3. The molecule has 1 aromatic rings. The van der Waals surface area contributed by atoms with Crippen LogP contribution >= 0.6 is 0 Å². The molecule has 3 fully saturated rings. The molecular weight excluding hydrogens is 490 g/mol. The van der Waals surface area contributed by atoms with Crippen molar-refractivity contribution in [2.75, 3.05) is 40.3 Å². The summed E-state index contributed by atoms with van der Waals surface area (Å²) < 4.78 is 27.4. The van der Waals surface area contributed by atoms with E-state index in [1.807, 2.05) is 31.1 Å². The minimum Gasteiger partial charge on any atom is -0.383 e. The predicted molar refractivity (Wildman–Crippen MR) is 143 cm³/mol. The van der Waals surface area contributed by atoms with Crippen LogP contribution in [-0.4, -0.2) is 96.0 Å². The molecule has 3 N–H and O–H groups in total. The van der Waals surface area contributed by atoms with E-state index in [0.717, 1.165) is 37.8 Å². The molecule has 2 aliphatic heterocycles. The van der Waals surface area contributed by atoms with E-state index in [-0.39, 0.29) is 24.7 Å². The Morgan fingerprint density at radius 1 is 1.11 bits per heavy atom. The summed E-state index contributed by atoms with van der Waals surface area (Å²) in [6.07, 6.45) is 4.04. The maximum absolute atomic E-state index is 13.7. The van der Waals surface area contributed by atoms with Gasteiger partial charge in [-0.2, -0.15) is 0 Å². The van der Waals surface area contributed by atoms with Crippen molar-refractivity contribution in [3.63, 3.8) is 0 Å². The number of carbonyl (C=O) groups excluding carboxylic acids is 2. The monoisotopic (exact) mass is 534 g/mol. The van der Waals surface area contributed by atoms with Crippen molar-refractivity contribution in [1.29, 1.82) is 0 Å². The fourth-order valence-corrected chi connectivity index (χ4v) is 6.69. The Morgan fingerprint density at radius 3 is 2.37 bits per heavy atom. The van der Waals surface area contributed by atoms with E-state index in [4.69, 9.17) is 5.73 Å². The summed E-state index contributed by atoms with van der Waals surface area (Å²) in [5, 5.41) is 10.6. The Balaban J connectivity index is 1.39. The third kappa shape index (κ3) is 7.30. The molecule has 7 nitrogen and oxygen atoms in total. The van der Waals surface area contributed by atoms with Gasteiger partial charge in [0.25, 0.3) is 5.91 Å². The van der Waals surface area contributed by atoms with E-state index in [1.54, 1.807) is 11.0 Å². The number of rotatable bonds is 11. The van der Waals surface area contributed by atoms with Crippen molar-refractivity contribution in [1.82, 2.24) is 14.7 Å². The average Bonchev–Trinajstić information content (AvgIpc) is 3.11. The number of nitrogens with two attached hydrogens (primary N) is 1. The van der Waals surface area contributed by atoms with Crippen LogP contribution in [0.2, 0.25) is 0 Å². The molecule has 212 valence electrons. The number of alkyl halides is 2. The molecule has 38 heavy (non-hydrogen) atoms. The van der Waals surface area contributed by atoms with E-state index in [2.05, 4.69) is 11.0 Å². The molecule has 1 unspecified atom stereocenters. The second kappa shape index (κ2) is 12.4. The van der Waals surface area contributed by atoms with Gasteiger partial charge in [0, 0.05) is 56.7 Å². The zero-order chi connectivity index (χ0) is 27.4. The van der Waals surface area contributed by atoms with Crippen molar-refractivity contribution in [2.45, 2.75) is 87.8 Å². The molecule has 2 amide bonds. The summed E-state index contributed by atoms with van der Waals surface area (Å²) >= 11 is 0. The molecule has 0 radical (unpaired) electrons. The molecular formula is C29H44F2N4O3. The zero-order valence-corrected chi connectivity index (χ0v) is 22.8. The summed E-state index contributed by atoms with van der Waals surface area (Å²) in [4.78, 5) is 31.1. The zero-order valence-electron chi connectivity index (χ0n) is 22.8. The summed E-state index contributed by atoms with van der Waals surface area (Å²) in [6.45, 7) is 2.25. The molecule has 1 aliphatic carbocycles. The number of carbonyl (C=O) groups is 2. The largest absolute Gasteiger partial charge is 0.383 e. The van der Waals surface area contributed by atoms with Crippen LogP contribution in [-0.2, 0) is 4.79 Å². The van der Waals surface area contributed by atoms with Crippen LogP contribution in [0.3, 0.4) is 0 Å². The highest BCUT2D eigenvalue weighted by molar-refractivity contribution is 5.92. The third-order valence-corrected chi connectivity index (χ3v) is 8.92. The molecule has 2 saturated heterocycles. The van der Waals surface area contributed by atoms with Gasteiger partial charge < -0.3 is 20.6 Å². The Labute approximate surface area is 225 Å². The molecule has 3 aliphatic rings. The van der Waals surface area contributed by atoms with Crippen LogP contribution in [0.4, 0.5) is 8.78 Å². The van der Waals surface area contributed by atoms with Gasteiger partial charge in [-0.25, -0.2) is 8.78 Å². The third-order valence-electron chi connectivity index (χ3n) is 8.92. The lowest BCUT2D eigenvalue weighted by atomic mass is 9.84. The summed E-state index contributed by atoms with van der Waals surface area (Å²) in [6, 6.07) is 8.46. The minimum absolute atomic E-state index is 0.0413. The molecule has 0 spiro atoms. The lowest BCUT2D eigenvalue weighted by molar-refractivity contribution is -0.142. The molecule has 1 saturated carbocycles. The molecule has 0 aromatic heterocycles. The molecule has 1 aromatic carbocycles. The van der Waals surface area contributed by atoms with E-state index in [0.29, 0.717) is 62.5 Å². The number of halogens is 2. The van der Waals surface area contributed by atoms with Gasteiger partial charge in [-0.05, 0) is 88.6 Å². The first kappa shape index (κ1) is 28.9. The van der Waals surface area contributed by atoms with E-state index >= 15 is 0 Å². The quantitative estimate of drug-likeness (QED) is 0.454. The summed E-state index contributed by atoms with van der Waals surface area (Å²) in [5.41, 5.74) is 7.19. The van der Waals surface area contributed by atoms with Crippen molar-refractivity contribution >= 4 is 11.8 Å². The highest BCUT2D eigenvalue weighted by atomic mass is 19.3. The Morgan fingerprint density at radius 2 is 1.76 bits per heavy atom. The van der Waals surface area contributed by atoms with Crippen LogP contribution < -0.4 is 5.73 Å². The Kier molecular flexibility index (Phi) is 9.42. The first-order valence-corrected chi connectivity index (χ1v) is 14.2. The van der Waals surface area contributed by atoms with Gasteiger partial charge in [-0.15, -0.1) is 0 Å². The van der Waals surface area contributed by atoms with Gasteiger partial charge in [0.15, 0.2) is 0 Å². The number of hydrogen-bond acceptors (Lipinski definition) is 5. The van der Waals surface area contributed by atoms with Crippen LogP contribution in [0.1, 0.15) is 79.6 Å². The van der Waals surface area contributed by atoms with Crippen LogP contribution in [0.15, 0.2) is 24.3 Å². The molecule has 4 atom stereocenters. The van der Waals surface area contributed by atoms with Gasteiger partial charge >= 0.3 is 0 Å². The highest BCUT2D eigenvalue weighted by Gasteiger charge is 2.42. The standard InChI is InChI=1S/C29H44F2N4O3/c1-33(2)13-10-26(36)28(38)34(19-20-8-11-29(30,31)12-9-20)14-15-35-24-6-7-25(35)18-23(17-24)21-4-3-5-22(16-21)27(32)37/h3-5,16,20,23-26,36H,6-15,17-19H2,1-2H3,(H2,32,37)/t23?,24-,25+,26-/m0/s1. The number of aliphatic hydroxyl groups excluding tert-OH is 1. The van der Waals surface area contributed by atoms with Crippen molar-refractivity contribution in [2.24, 2.45) is 11.7 Å². The van der Waals surface area contributed by atoms with Gasteiger partial charge in [0.1, 0.15) is 6.10 Å². The number of fused-ring (bicyclic) bond motifs is 2. The van der Waals surface area contributed by atoms with Crippen molar-refractivity contribution < 1.29 is 23.5 Å². The highest BCUT2D eigenvalue weighted by Crippen LogP contribution is 2.43. The first-order chi connectivity index (χ1) is 18.0. The maximum Gasteiger partial charge on any atom is 0.251 e. The number of piperidine rings is 1. The van der Waals surface area contributed by atoms with Crippen LogP contribution in [0, 0.1) is 5.92 Å². The molecule has 2 heterocycles. The number of hydrogen-bond donors (Lipinski definition) is 2. The van der Waals surface area contributed by atoms with E-state index in [1.165, 1.54) is 0 Å². The summed E-state index contributed by atoms with van der Waals surface area (Å²) in [7, 11) is 3.81. The topological polar surface area (TPSA) is 90.1 Å². The molecule has 9 heteroatoms. The normalized spacial score (nSPS) is 26.4. The molecule has 2 bridgehead atoms. The smallest absolute Gasteiger partial charge is 0.251 e. The SMILES string of the molecule is CN(C)CC[C@H](O)C(=O)N(CCN1[C@@H]2CC[C@H]1CC(c1cccc(C(N)=O)c1)C2)CC1CCC(F)(F)CC1. The van der Waals surface area contributed by atoms with Crippen molar-refractivity contribution in [3.8, 4) is 0 Å². The number of benzene rings is 1. The fourth-order valence-electron chi connectivity index (χ4n) is 6.69. The second-order valence-corrected chi connectivity index (χ2v) is 12.0. The van der Waals surface area contributed by atoms with Gasteiger partial charge in [0.2, 0.25) is 11.8 Å². The average molecular weight is 535 g/mol. The fraction of sp³-hybridized carbons (Fsp3) is 0.724. The first-order valence-electron chi connectivity index (χ1n) is 14.2. The van der Waals surface area contributed by atoms with Gasteiger partial charge in [-0.3, -0.25) is 14.5 Å². The van der Waals surface area contributed by atoms with E-state index in [9.17, 15) is 23.5 Å². The maximum atomic E-state index is 13.7. The van der Waals surface area contributed by atoms with Crippen LogP contribution in [0.5, 0.6) is 0 Å². The number of primary amides is 1. The lowest BCUT2D eigenvalue weighted by Gasteiger charge is -2.41. The van der Waals surface area contributed by atoms with Gasteiger partial charge in [-0.1, -0.05) is 12.1 Å². The summed E-state index contributed by atoms with van der Waals surface area (Å²) in [5.74, 6) is -2.88. The Bertz CT molecular complexity index is 951. The lowest BCUT2D eigenvalue weighted by Crippen LogP contribution is -2.50. The minimum atomic E-state index is -2.60. The number of amides is 2. The van der Waals surface area contributed by atoms with Crippen molar-refractivity contribution in [3.05, 3.63) is 35.4 Å². The molecule has 4 rings (SSSR count).